The van der Waals surface area contributed by atoms with Gasteiger partial charge in [-0.25, -0.2) is 17.5 Å². The number of amides is 5. The number of nitrogens with zero attached hydrogens (tertiary/aromatic N) is 2. The number of ketones is 1. The van der Waals surface area contributed by atoms with Gasteiger partial charge in [-0.15, -0.1) is 0 Å². The molecule has 0 radical (unpaired) electrons. The first-order chi connectivity index (χ1) is 25.3. The van der Waals surface area contributed by atoms with Crippen LogP contribution in [0, 0.1) is 22.7 Å². The Morgan fingerprint density at radius 2 is 1.63 bits per heavy atom. The molecule has 1 saturated heterocycles. The maximum atomic E-state index is 14.6. The number of carbonyl (C=O) groups is 5. The summed E-state index contributed by atoms with van der Waals surface area (Å²) in [4.78, 5) is 70.2. The van der Waals surface area contributed by atoms with Crippen molar-refractivity contribution in [3.05, 3.63) is 35.9 Å². The highest BCUT2D eigenvalue weighted by Gasteiger charge is 2.70. The number of likely N-dealkylation sites (tertiary alicyclic amines) is 1. The molecule has 0 spiro atoms. The fraction of sp³-hybridized carbons (Fsp3) is 0.725. The van der Waals surface area contributed by atoms with Crippen LogP contribution in [0.1, 0.15) is 111 Å². The van der Waals surface area contributed by atoms with Crippen molar-refractivity contribution >= 4 is 39.6 Å². The number of benzene rings is 1. The van der Waals surface area contributed by atoms with E-state index in [0.29, 0.717) is 32.2 Å². The van der Waals surface area contributed by atoms with Crippen LogP contribution in [0.15, 0.2) is 30.3 Å². The molecule has 4 fully saturated rings. The maximum absolute atomic E-state index is 14.6. The second-order valence-corrected chi connectivity index (χ2v) is 20.0. The molecule has 1 aromatic rings. The predicted molar refractivity (Wildman–Crippen MR) is 206 cm³/mol. The average molecular weight is 771 g/mol. The van der Waals surface area contributed by atoms with Gasteiger partial charge in [-0.1, -0.05) is 104 Å². The molecule has 4 N–H and O–H groups in total. The lowest BCUT2D eigenvalue weighted by atomic mass is 9.83. The number of carbonyl (C=O) groups excluding carboxylic acids is 5. The summed E-state index contributed by atoms with van der Waals surface area (Å²) in [5, 5.41) is 11.5. The number of urea groups is 1. The van der Waals surface area contributed by atoms with Crippen LogP contribution in [0.5, 0.6) is 0 Å². The second-order valence-electron chi connectivity index (χ2n) is 17.9. The minimum atomic E-state index is -3.79. The first kappa shape index (κ1) is 41.6. The second kappa shape index (κ2) is 16.3. The van der Waals surface area contributed by atoms with E-state index in [-0.39, 0.29) is 35.6 Å². The third-order valence-electron chi connectivity index (χ3n) is 12.1. The summed E-state index contributed by atoms with van der Waals surface area (Å²) < 4.78 is 28.8. The van der Waals surface area contributed by atoms with Gasteiger partial charge in [0, 0.05) is 26.2 Å². The van der Waals surface area contributed by atoms with Crippen molar-refractivity contribution in [3.8, 4) is 0 Å². The Bertz CT molecular complexity index is 1670. The minimum Gasteiger partial charge on any atom is -0.347 e. The fourth-order valence-electron chi connectivity index (χ4n) is 8.54. The van der Waals surface area contributed by atoms with Crippen molar-refractivity contribution in [1.82, 2.24) is 30.5 Å². The lowest BCUT2D eigenvalue weighted by molar-refractivity contribution is -0.145. The normalized spacial score (nSPS) is 24.1. The number of hydrogen-bond acceptors (Lipinski definition) is 7. The van der Waals surface area contributed by atoms with Crippen LogP contribution in [0.25, 0.3) is 0 Å². The molecule has 5 amide bonds. The number of unbranched alkanes of at least 4 members (excludes halogenated alkanes) is 1. The SMILES string of the molecule is CCCC[C@H](NC(=O)[C@@H]1[C@@H]2[C@H](CN1C(=O)[C@@H](NC(=O)NC1(CS(=O)(=O)N(C)Cc3ccccc3)CCCCC1)C(C)(C)C)C2(C)C)C(=O)C(=O)NC1CC1. The third-order valence-corrected chi connectivity index (χ3v) is 14.1. The summed E-state index contributed by atoms with van der Waals surface area (Å²) in [7, 11) is -2.24. The quantitative estimate of drug-likeness (QED) is 0.185. The van der Waals surface area contributed by atoms with Crippen LogP contribution >= 0.6 is 0 Å². The van der Waals surface area contributed by atoms with Gasteiger partial charge in [0.2, 0.25) is 27.6 Å². The van der Waals surface area contributed by atoms with Crippen LogP contribution in [0.4, 0.5) is 4.79 Å². The van der Waals surface area contributed by atoms with Gasteiger partial charge in [0.25, 0.3) is 5.91 Å². The zero-order valence-corrected chi connectivity index (χ0v) is 34.0. The molecule has 54 heavy (non-hydrogen) atoms. The molecule has 1 aliphatic heterocycles. The molecule has 14 heteroatoms. The zero-order valence-electron chi connectivity index (χ0n) is 33.2. The highest BCUT2D eigenvalue weighted by atomic mass is 32.2. The standard InChI is InChI=1S/C40H62N6O7S/c1-8-9-18-29(32(47)35(49)41-27-19-20-27)42-34(48)31-30-28(39(30,5)6)24-46(31)36(50)33(38(2,3)4)43-37(51)44-40(21-14-11-15-22-40)25-54(52,53)45(7)23-26-16-12-10-13-17-26/h10,12-13,16-17,27-31,33H,8-9,11,14-15,18-25H2,1-7H3,(H,41,49)(H,42,48)(H2,43,44,51)/t28-,29-,30-,31-,33+/m0/s1. The van der Waals surface area contributed by atoms with Crippen LogP contribution in [0.2, 0.25) is 0 Å². The van der Waals surface area contributed by atoms with Crippen LogP contribution in [0.3, 0.4) is 0 Å². The first-order valence-electron chi connectivity index (χ1n) is 19.8. The van der Waals surface area contributed by atoms with Crippen molar-refractivity contribution in [1.29, 1.82) is 0 Å². The van der Waals surface area contributed by atoms with E-state index in [1.165, 1.54) is 9.21 Å². The number of nitrogens with one attached hydrogen (secondary N) is 4. The van der Waals surface area contributed by atoms with E-state index in [2.05, 4.69) is 35.1 Å². The van der Waals surface area contributed by atoms with Gasteiger partial charge in [-0.3, -0.25) is 19.2 Å². The van der Waals surface area contributed by atoms with E-state index < -0.39 is 68.6 Å². The smallest absolute Gasteiger partial charge is 0.315 e. The molecule has 1 aromatic carbocycles. The average Bonchev–Trinajstić information content (AvgIpc) is 3.95. The van der Waals surface area contributed by atoms with E-state index in [9.17, 15) is 32.4 Å². The summed E-state index contributed by atoms with van der Waals surface area (Å²) in [6.45, 7) is 12.1. The van der Waals surface area contributed by atoms with Gasteiger partial charge >= 0.3 is 6.03 Å². The minimum absolute atomic E-state index is 0.00246. The first-order valence-corrected chi connectivity index (χ1v) is 21.4. The van der Waals surface area contributed by atoms with E-state index in [0.717, 1.165) is 44.1 Å². The van der Waals surface area contributed by atoms with Crippen LogP contribution in [-0.2, 0) is 35.7 Å². The van der Waals surface area contributed by atoms with Crippen molar-refractivity contribution in [3.63, 3.8) is 0 Å². The summed E-state index contributed by atoms with van der Waals surface area (Å²) in [5.41, 5.74) is -1.15. The summed E-state index contributed by atoms with van der Waals surface area (Å²) in [5.74, 6) is -2.64. The third kappa shape index (κ3) is 9.64. The monoisotopic (exact) mass is 770 g/mol. The largest absolute Gasteiger partial charge is 0.347 e. The topological polar surface area (TPSA) is 174 Å². The molecule has 5 rings (SSSR count). The lowest BCUT2D eigenvalue weighted by Gasteiger charge is -2.41. The van der Waals surface area contributed by atoms with Gasteiger partial charge in [-0.05, 0) is 60.3 Å². The Morgan fingerprint density at radius 1 is 0.981 bits per heavy atom. The molecule has 3 aliphatic carbocycles. The Hall–Kier alpha value is -3.52. The Kier molecular flexibility index (Phi) is 12.6. The lowest BCUT2D eigenvalue weighted by Crippen LogP contribution is -2.64. The molecular formula is C40H62N6O7S. The van der Waals surface area contributed by atoms with E-state index in [1.807, 2.05) is 58.0 Å². The van der Waals surface area contributed by atoms with Crippen molar-refractivity contribution in [2.45, 2.75) is 142 Å². The Balaban J connectivity index is 1.32. The molecule has 4 aliphatic rings. The van der Waals surface area contributed by atoms with Crippen molar-refractivity contribution < 1.29 is 32.4 Å². The van der Waals surface area contributed by atoms with Crippen molar-refractivity contribution in [2.75, 3.05) is 19.3 Å². The van der Waals surface area contributed by atoms with Gasteiger partial charge in [-0.2, -0.15) is 0 Å². The highest BCUT2D eigenvalue weighted by molar-refractivity contribution is 7.89. The van der Waals surface area contributed by atoms with Crippen molar-refractivity contribution in [2.24, 2.45) is 22.7 Å². The maximum Gasteiger partial charge on any atom is 0.315 e. The molecule has 3 saturated carbocycles. The number of Topliss-reactive ketones (excluding diaryl/α,β-unsaturated/α-hetero) is 1. The number of sulfonamides is 1. The molecular weight excluding hydrogens is 709 g/mol. The summed E-state index contributed by atoms with van der Waals surface area (Å²) >= 11 is 0. The van der Waals surface area contributed by atoms with Crippen LogP contribution in [-0.4, -0.2) is 96.2 Å². The molecule has 0 unspecified atom stereocenters. The number of hydrogen-bond donors (Lipinski definition) is 4. The Morgan fingerprint density at radius 3 is 2.22 bits per heavy atom. The predicted octanol–water partition coefficient (Wildman–Crippen LogP) is 3.87. The van der Waals surface area contributed by atoms with E-state index in [4.69, 9.17) is 0 Å². The fourth-order valence-corrected chi connectivity index (χ4v) is 10.2. The molecule has 5 atom stereocenters. The summed E-state index contributed by atoms with van der Waals surface area (Å²) in [6.07, 6.45) is 6.78. The number of piperidine rings is 1. The molecule has 1 heterocycles. The molecule has 0 aromatic heterocycles. The molecule has 13 nitrogen and oxygen atoms in total. The molecule has 300 valence electrons. The van der Waals surface area contributed by atoms with Crippen LogP contribution < -0.4 is 21.3 Å². The Labute approximate surface area is 321 Å². The van der Waals surface area contributed by atoms with E-state index in [1.54, 1.807) is 7.05 Å². The number of rotatable bonds is 16. The summed E-state index contributed by atoms with van der Waals surface area (Å²) in [6, 6.07) is 5.76. The number of fused-ring (bicyclic) bond motifs is 1. The van der Waals surface area contributed by atoms with Gasteiger partial charge in [0.1, 0.15) is 12.1 Å². The van der Waals surface area contributed by atoms with Gasteiger partial charge in [0.05, 0.1) is 17.3 Å². The van der Waals surface area contributed by atoms with Gasteiger partial charge in [0.15, 0.2) is 0 Å². The van der Waals surface area contributed by atoms with E-state index >= 15 is 0 Å². The zero-order chi connectivity index (χ0) is 39.6. The highest BCUT2D eigenvalue weighted by Crippen LogP contribution is 2.65. The molecule has 0 bridgehead atoms. The van der Waals surface area contributed by atoms with Gasteiger partial charge < -0.3 is 26.2 Å².